The van der Waals surface area contributed by atoms with Crippen LogP contribution in [0, 0.1) is 13.8 Å². The van der Waals surface area contributed by atoms with Gasteiger partial charge in [-0.15, -0.1) is 0 Å². The third kappa shape index (κ3) is 2.92. The molecule has 1 nitrogen and oxygen atoms in total. The topological polar surface area (TPSA) is 17.1 Å². The van der Waals surface area contributed by atoms with E-state index in [1.54, 1.807) is 6.92 Å². The van der Waals surface area contributed by atoms with Crippen molar-refractivity contribution >= 4 is 5.78 Å². The van der Waals surface area contributed by atoms with E-state index in [-0.39, 0.29) is 5.78 Å². The van der Waals surface area contributed by atoms with Gasteiger partial charge in [0.2, 0.25) is 0 Å². The van der Waals surface area contributed by atoms with Gasteiger partial charge < -0.3 is 0 Å². The molecule has 1 aromatic carbocycles. The normalized spacial score (nSPS) is 10.8. The average Bonchev–Trinajstić information content (AvgIpc) is 2.10. The Morgan fingerprint density at radius 2 is 1.67 bits per heavy atom. The number of rotatable bonds is 3. The summed E-state index contributed by atoms with van der Waals surface area (Å²) in [5.74, 6) is 0.785. The quantitative estimate of drug-likeness (QED) is 0.735. The van der Waals surface area contributed by atoms with Gasteiger partial charge in [0.1, 0.15) is 5.78 Å². The lowest BCUT2D eigenvalue weighted by Crippen LogP contribution is -2.03. The lowest BCUT2D eigenvalue weighted by atomic mass is 9.92. The van der Waals surface area contributed by atoms with E-state index in [9.17, 15) is 4.79 Å². The molecule has 1 rings (SSSR count). The fourth-order valence-electron chi connectivity index (χ4n) is 1.89. The van der Waals surface area contributed by atoms with Crippen LogP contribution in [0.1, 0.15) is 48.9 Å². The summed E-state index contributed by atoms with van der Waals surface area (Å²) in [6.07, 6.45) is 0.566. The number of ketones is 1. The van der Waals surface area contributed by atoms with Gasteiger partial charge >= 0.3 is 0 Å². The Kier molecular flexibility index (Phi) is 3.67. The fraction of sp³-hybridized carbons (Fsp3) is 0.500. The van der Waals surface area contributed by atoms with E-state index >= 15 is 0 Å². The second-order valence-electron chi connectivity index (χ2n) is 4.67. The molecule has 0 aliphatic rings. The lowest BCUT2D eigenvalue weighted by Gasteiger charge is -2.13. The van der Waals surface area contributed by atoms with Crippen molar-refractivity contribution in [2.24, 2.45) is 0 Å². The van der Waals surface area contributed by atoms with Crippen LogP contribution in [0.5, 0.6) is 0 Å². The highest BCUT2D eigenvalue weighted by molar-refractivity contribution is 5.79. The van der Waals surface area contributed by atoms with Gasteiger partial charge in [0, 0.05) is 6.42 Å². The van der Waals surface area contributed by atoms with Crippen molar-refractivity contribution in [2.45, 2.75) is 47.0 Å². The standard InChI is InChI=1S/C14H20O/c1-9(2)13-6-10(3)14(8-12(5)15)11(4)7-13/h6-7,9H,8H2,1-5H3. The molecule has 0 atom stereocenters. The maximum Gasteiger partial charge on any atom is 0.134 e. The number of aryl methyl sites for hydroxylation is 2. The highest BCUT2D eigenvalue weighted by Crippen LogP contribution is 2.22. The Morgan fingerprint density at radius 1 is 1.20 bits per heavy atom. The predicted octanol–water partition coefficient (Wildman–Crippen LogP) is 3.56. The average molecular weight is 204 g/mol. The van der Waals surface area contributed by atoms with Gasteiger partial charge in [0.25, 0.3) is 0 Å². The van der Waals surface area contributed by atoms with E-state index in [1.165, 1.54) is 22.3 Å². The smallest absolute Gasteiger partial charge is 0.134 e. The minimum atomic E-state index is 0.235. The Morgan fingerprint density at radius 3 is 2.00 bits per heavy atom. The zero-order valence-electron chi connectivity index (χ0n) is 10.3. The molecular weight excluding hydrogens is 184 g/mol. The monoisotopic (exact) mass is 204 g/mol. The second-order valence-corrected chi connectivity index (χ2v) is 4.67. The van der Waals surface area contributed by atoms with Crippen LogP contribution < -0.4 is 0 Å². The number of hydrogen-bond donors (Lipinski definition) is 0. The van der Waals surface area contributed by atoms with Crippen LogP contribution in [0.15, 0.2) is 12.1 Å². The van der Waals surface area contributed by atoms with Crippen LogP contribution in [0.4, 0.5) is 0 Å². The van der Waals surface area contributed by atoms with Crippen LogP contribution in [0.25, 0.3) is 0 Å². The van der Waals surface area contributed by atoms with Crippen molar-refractivity contribution in [3.8, 4) is 0 Å². The molecule has 0 radical (unpaired) electrons. The maximum absolute atomic E-state index is 11.1. The Hall–Kier alpha value is -1.11. The van der Waals surface area contributed by atoms with Crippen LogP contribution in [0.3, 0.4) is 0 Å². The third-order valence-electron chi connectivity index (χ3n) is 2.81. The van der Waals surface area contributed by atoms with Gasteiger partial charge in [-0.1, -0.05) is 26.0 Å². The predicted molar refractivity (Wildman–Crippen MR) is 64.4 cm³/mol. The number of carbonyl (C=O) groups is 1. The van der Waals surface area contributed by atoms with E-state index in [0.717, 1.165) is 0 Å². The van der Waals surface area contributed by atoms with Crippen molar-refractivity contribution in [1.82, 2.24) is 0 Å². The number of benzene rings is 1. The van der Waals surface area contributed by atoms with E-state index in [2.05, 4.69) is 39.8 Å². The zero-order chi connectivity index (χ0) is 11.6. The molecule has 0 fully saturated rings. The first-order chi connectivity index (χ1) is 6.91. The summed E-state index contributed by atoms with van der Waals surface area (Å²) in [6.45, 7) is 10.2. The van der Waals surface area contributed by atoms with E-state index < -0.39 is 0 Å². The third-order valence-corrected chi connectivity index (χ3v) is 2.81. The first kappa shape index (κ1) is 12.0. The van der Waals surface area contributed by atoms with E-state index in [1.807, 2.05) is 0 Å². The molecular formula is C14H20O. The van der Waals surface area contributed by atoms with Gasteiger partial charge in [-0.25, -0.2) is 0 Å². The summed E-state index contributed by atoms with van der Waals surface area (Å²) in [5, 5.41) is 0. The minimum absolute atomic E-state index is 0.235. The summed E-state index contributed by atoms with van der Waals surface area (Å²) in [6, 6.07) is 4.41. The molecule has 0 N–H and O–H groups in total. The molecule has 0 heterocycles. The highest BCUT2D eigenvalue weighted by atomic mass is 16.1. The molecule has 0 amide bonds. The minimum Gasteiger partial charge on any atom is -0.300 e. The van der Waals surface area contributed by atoms with Gasteiger partial charge in [-0.3, -0.25) is 4.79 Å². The van der Waals surface area contributed by atoms with E-state index in [0.29, 0.717) is 12.3 Å². The molecule has 0 unspecified atom stereocenters. The Bertz CT molecular complexity index is 352. The molecule has 0 spiro atoms. The molecule has 15 heavy (non-hydrogen) atoms. The number of carbonyl (C=O) groups excluding carboxylic acids is 1. The summed E-state index contributed by atoms with van der Waals surface area (Å²) in [4.78, 5) is 11.1. The number of hydrogen-bond acceptors (Lipinski definition) is 1. The molecule has 0 aromatic heterocycles. The summed E-state index contributed by atoms with van der Waals surface area (Å²) in [5.41, 5.74) is 5.05. The van der Waals surface area contributed by atoms with Crippen molar-refractivity contribution in [3.63, 3.8) is 0 Å². The van der Waals surface area contributed by atoms with Crippen molar-refractivity contribution in [2.75, 3.05) is 0 Å². The van der Waals surface area contributed by atoms with Crippen molar-refractivity contribution in [3.05, 3.63) is 34.4 Å². The zero-order valence-corrected chi connectivity index (χ0v) is 10.3. The molecule has 0 aliphatic heterocycles. The maximum atomic E-state index is 11.1. The number of Topliss-reactive ketones (excluding diaryl/α,β-unsaturated/α-hetero) is 1. The summed E-state index contributed by atoms with van der Waals surface area (Å²) in [7, 11) is 0. The van der Waals surface area contributed by atoms with Gasteiger partial charge in [0.15, 0.2) is 0 Å². The Labute approximate surface area is 92.5 Å². The van der Waals surface area contributed by atoms with Crippen molar-refractivity contribution < 1.29 is 4.79 Å². The second kappa shape index (κ2) is 4.61. The van der Waals surface area contributed by atoms with Gasteiger partial charge in [0.05, 0.1) is 0 Å². The largest absolute Gasteiger partial charge is 0.300 e. The molecule has 82 valence electrons. The first-order valence-corrected chi connectivity index (χ1v) is 5.51. The molecule has 1 heteroatoms. The SMILES string of the molecule is CC(=O)Cc1c(C)cc(C(C)C)cc1C. The van der Waals surface area contributed by atoms with Gasteiger partial charge in [-0.05, 0) is 48.9 Å². The fourth-order valence-corrected chi connectivity index (χ4v) is 1.89. The molecule has 0 bridgehead atoms. The summed E-state index contributed by atoms with van der Waals surface area (Å²) >= 11 is 0. The Balaban J connectivity index is 3.15. The molecule has 0 aliphatic carbocycles. The van der Waals surface area contributed by atoms with Crippen molar-refractivity contribution in [1.29, 1.82) is 0 Å². The molecule has 0 saturated heterocycles. The van der Waals surface area contributed by atoms with Crippen LogP contribution in [0.2, 0.25) is 0 Å². The lowest BCUT2D eigenvalue weighted by molar-refractivity contribution is -0.116. The van der Waals surface area contributed by atoms with Crippen LogP contribution >= 0.6 is 0 Å². The molecule has 0 saturated carbocycles. The molecule has 1 aromatic rings. The van der Waals surface area contributed by atoms with Crippen LogP contribution in [-0.4, -0.2) is 5.78 Å². The van der Waals surface area contributed by atoms with Gasteiger partial charge in [-0.2, -0.15) is 0 Å². The highest BCUT2D eigenvalue weighted by Gasteiger charge is 2.08. The summed E-state index contributed by atoms with van der Waals surface area (Å²) < 4.78 is 0. The first-order valence-electron chi connectivity index (χ1n) is 5.51. The van der Waals surface area contributed by atoms with E-state index in [4.69, 9.17) is 0 Å². The van der Waals surface area contributed by atoms with Crippen LogP contribution in [-0.2, 0) is 11.2 Å².